The van der Waals surface area contributed by atoms with E-state index in [2.05, 4.69) is 0 Å². The van der Waals surface area contributed by atoms with Crippen LogP contribution in [0.15, 0.2) is 0 Å². The lowest BCUT2D eigenvalue weighted by atomic mass is 10.3. The smallest absolute Gasteiger partial charge is 0.298 e. The van der Waals surface area contributed by atoms with Crippen LogP contribution in [0, 0.1) is 12.3 Å². The molecule has 0 aliphatic rings. The summed E-state index contributed by atoms with van der Waals surface area (Å²) in [5.41, 5.74) is 0. The maximum atomic E-state index is 10.7. The van der Waals surface area contributed by atoms with E-state index in [1.807, 2.05) is 5.92 Å². The Morgan fingerprint density at radius 2 is 2.09 bits per heavy atom. The highest BCUT2D eigenvalue weighted by atomic mass is 16.3. The van der Waals surface area contributed by atoms with Crippen molar-refractivity contribution in [2.24, 2.45) is 0 Å². The minimum atomic E-state index is -0.599. The van der Waals surface area contributed by atoms with Crippen molar-refractivity contribution in [3.8, 4) is 12.3 Å². The molecule has 2 N–H and O–H groups in total. The number of carbonyl (C=O) groups excluding carboxylic acids is 1. The first-order valence-electron chi connectivity index (χ1n) is 3.12. The lowest BCUT2D eigenvalue weighted by molar-refractivity contribution is -0.127. The molecular weight excluding hydrogens is 146 g/mol. The van der Waals surface area contributed by atoms with Gasteiger partial charge in [-0.1, -0.05) is 0 Å². The summed E-state index contributed by atoms with van der Waals surface area (Å²) < 4.78 is 0. The lowest BCUT2D eigenvalue weighted by Gasteiger charge is -2.22. The van der Waals surface area contributed by atoms with E-state index in [1.54, 1.807) is 0 Å². The second-order valence-electron chi connectivity index (χ2n) is 2.08. The molecular formula is C7H11NO3. The molecule has 0 bridgehead atoms. The molecule has 62 valence electrons. The Morgan fingerprint density at radius 3 is 2.36 bits per heavy atom. The molecule has 0 saturated carbocycles. The molecule has 0 aliphatic heterocycles. The van der Waals surface area contributed by atoms with E-state index in [-0.39, 0.29) is 13.2 Å². The first kappa shape index (κ1) is 9.95. The minimum absolute atomic E-state index is 0.291. The second-order valence-corrected chi connectivity index (χ2v) is 2.08. The number of terminal acetylenes is 1. The number of likely N-dealkylation sites (N-methyl/N-ethyl adjacent to an activating group) is 1. The first-order valence-corrected chi connectivity index (χ1v) is 3.12. The molecule has 0 fully saturated rings. The zero-order chi connectivity index (χ0) is 8.85. The Hall–Kier alpha value is -1.05. The van der Waals surface area contributed by atoms with Crippen molar-refractivity contribution in [1.82, 2.24) is 4.90 Å². The van der Waals surface area contributed by atoms with Gasteiger partial charge in [0.2, 0.25) is 0 Å². The standard InChI is InChI=1S/C7H11NO3/c1-3-7(11)8(2)6(4-9)5-10/h1,6,9-10H,4-5H2,2H3. The summed E-state index contributed by atoms with van der Waals surface area (Å²) in [5.74, 6) is 1.34. The molecule has 0 saturated heterocycles. The van der Waals surface area contributed by atoms with E-state index in [1.165, 1.54) is 7.05 Å². The maximum absolute atomic E-state index is 10.7. The van der Waals surface area contributed by atoms with E-state index < -0.39 is 11.9 Å². The third kappa shape index (κ3) is 2.58. The number of aliphatic hydroxyl groups excluding tert-OH is 2. The normalized spacial score (nSPS) is 9.36. The lowest BCUT2D eigenvalue weighted by Crippen LogP contribution is -2.41. The van der Waals surface area contributed by atoms with Gasteiger partial charge in [0.1, 0.15) is 0 Å². The van der Waals surface area contributed by atoms with E-state index >= 15 is 0 Å². The van der Waals surface area contributed by atoms with Crippen LogP contribution in [0.25, 0.3) is 0 Å². The van der Waals surface area contributed by atoms with E-state index in [0.717, 1.165) is 4.90 Å². The Labute approximate surface area is 65.4 Å². The molecule has 4 nitrogen and oxygen atoms in total. The maximum Gasteiger partial charge on any atom is 0.298 e. The number of rotatable bonds is 3. The topological polar surface area (TPSA) is 60.8 Å². The zero-order valence-corrected chi connectivity index (χ0v) is 6.32. The molecule has 0 radical (unpaired) electrons. The molecule has 0 aromatic rings. The van der Waals surface area contributed by atoms with E-state index in [9.17, 15) is 4.79 Å². The number of carbonyl (C=O) groups is 1. The van der Waals surface area contributed by atoms with Crippen LogP contribution in [-0.2, 0) is 4.79 Å². The van der Waals surface area contributed by atoms with Crippen molar-refractivity contribution in [1.29, 1.82) is 0 Å². The summed E-state index contributed by atoms with van der Waals surface area (Å²) in [6, 6.07) is -0.599. The Morgan fingerprint density at radius 1 is 1.64 bits per heavy atom. The van der Waals surface area contributed by atoms with E-state index in [0.29, 0.717) is 0 Å². The number of hydrogen-bond donors (Lipinski definition) is 2. The second kappa shape index (κ2) is 4.72. The highest BCUT2D eigenvalue weighted by Crippen LogP contribution is 1.93. The molecule has 0 aromatic heterocycles. The largest absolute Gasteiger partial charge is 0.394 e. The van der Waals surface area contributed by atoms with Gasteiger partial charge >= 0.3 is 0 Å². The summed E-state index contributed by atoms with van der Waals surface area (Å²) in [6.07, 6.45) is 4.82. The summed E-state index contributed by atoms with van der Waals surface area (Å²) >= 11 is 0. The van der Waals surface area contributed by atoms with Gasteiger partial charge in [-0.05, 0) is 5.92 Å². The summed E-state index contributed by atoms with van der Waals surface area (Å²) in [4.78, 5) is 11.9. The van der Waals surface area contributed by atoms with Crippen LogP contribution < -0.4 is 0 Å². The fourth-order valence-corrected chi connectivity index (χ4v) is 0.570. The van der Waals surface area contributed by atoms with Crippen LogP contribution in [0.4, 0.5) is 0 Å². The fraction of sp³-hybridized carbons (Fsp3) is 0.571. The average molecular weight is 157 g/mol. The molecule has 0 heterocycles. The van der Waals surface area contributed by atoms with Gasteiger partial charge in [-0.2, -0.15) is 0 Å². The van der Waals surface area contributed by atoms with Crippen molar-refractivity contribution in [3.05, 3.63) is 0 Å². The third-order valence-corrected chi connectivity index (χ3v) is 1.41. The minimum Gasteiger partial charge on any atom is -0.394 e. The molecule has 0 unspecified atom stereocenters. The highest BCUT2D eigenvalue weighted by molar-refractivity contribution is 5.92. The summed E-state index contributed by atoms with van der Waals surface area (Å²) in [6.45, 7) is -0.582. The molecule has 0 atom stereocenters. The Balaban J connectivity index is 4.10. The Bertz CT molecular complexity index is 169. The molecule has 1 amide bonds. The average Bonchev–Trinajstić information content (AvgIpc) is 2.05. The van der Waals surface area contributed by atoms with Gasteiger partial charge in [0.05, 0.1) is 19.3 Å². The van der Waals surface area contributed by atoms with Crippen molar-refractivity contribution in [2.75, 3.05) is 20.3 Å². The van der Waals surface area contributed by atoms with Crippen molar-refractivity contribution < 1.29 is 15.0 Å². The highest BCUT2D eigenvalue weighted by Gasteiger charge is 2.15. The number of hydrogen-bond acceptors (Lipinski definition) is 3. The van der Waals surface area contributed by atoms with Crippen molar-refractivity contribution >= 4 is 5.91 Å². The van der Waals surface area contributed by atoms with E-state index in [4.69, 9.17) is 16.6 Å². The predicted molar refractivity (Wildman–Crippen MR) is 39.6 cm³/mol. The van der Waals surface area contributed by atoms with Gasteiger partial charge in [-0.3, -0.25) is 4.79 Å². The third-order valence-electron chi connectivity index (χ3n) is 1.41. The SMILES string of the molecule is C#CC(=O)N(C)C(CO)CO. The van der Waals surface area contributed by atoms with Crippen LogP contribution in [0.2, 0.25) is 0 Å². The molecule has 0 rings (SSSR count). The van der Waals surface area contributed by atoms with Gasteiger partial charge in [0.15, 0.2) is 0 Å². The molecule has 0 aliphatic carbocycles. The number of aliphatic hydroxyl groups is 2. The van der Waals surface area contributed by atoms with Gasteiger partial charge in [-0.15, -0.1) is 6.42 Å². The van der Waals surface area contributed by atoms with Crippen LogP contribution in [0.1, 0.15) is 0 Å². The van der Waals surface area contributed by atoms with Gasteiger partial charge in [0, 0.05) is 7.05 Å². The van der Waals surface area contributed by atoms with Gasteiger partial charge in [-0.25, -0.2) is 0 Å². The number of amides is 1. The quantitative estimate of drug-likeness (QED) is 0.487. The monoisotopic (exact) mass is 157 g/mol. The molecule has 0 aromatic carbocycles. The predicted octanol–water partition coefficient (Wildman–Crippen LogP) is -1.57. The molecule has 4 heteroatoms. The number of nitrogens with zero attached hydrogens (tertiary/aromatic N) is 1. The molecule has 11 heavy (non-hydrogen) atoms. The van der Waals surface area contributed by atoms with Crippen molar-refractivity contribution in [3.63, 3.8) is 0 Å². The summed E-state index contributed by atoms with van der Waals surface area (Å²) in [5, 5.41) is 17.2. The van der Waals surface area contributed by atoms with Crippen molar-refractivity contribution in [2.45, 2.75) is 6.04 Å². The first-order chi connectivity index (χ1) is 5.17. The molecule has 0 spiro atoms. The zero-order valence-electron chi connectivity index (χ0n) is 6.32. The van der Waals surface area contributed by atoms with Crippen LogP contribution in [0.5, 0.6) is 0 Å². The van der Waals surface area contributed by atoms with Gasteiger partial charge < -0.3 is 15.1 Å². The fourth-order valence-electron chi connectivity index (χ4n) is 0.570. The summed E-state index contributed by atoms with van der Waals surface area (Å²) in [7, 11) is 1.43. The van der Waals surface area contributed by atoms with Crippen LogP contribution >= 0.6 is 0 Å². The Kier molecular flexibility index (Phi) is 4.27. The van der Waals surface area contributed by atoms with Crippen LogP contribution in [-0.4, -0.2) is 47.3 Å². The van der Waals surface area contributed by atoms with Gasteiger partial charge in [0.25, 0.3) is 5.91 Å². The van der Waals surface area contributed by atoms with Crippen LogP contribution in [0.3, 0.4) is 0 Å².